The number of H-pyrrole nitrogens is 1. The SMILES string of the molecule is CCC(C)CCN=C(N)c1c(O)c2ccccc2[nH]c1=O. The Kier molecular flexibility index (Phi) is 4.62. The fourth-order valence-electron chi connectivity index (χ4n) is 2.15. The van der Waals surface area contributed by atoms with Crippen LogP contribution in [-0.2, 0) is 0 Å². The molecule has 21 heavy (non-hydrogen) atoms. The maximum Gasteiger partial charge on any atom is 0.263 e. The molecule has 4 N–H and O–H groups in total. The van der Waals surface area contributed by atoms with Gasteiger partial charge in [0, 0.05) is 11.9 Å². The number of aromatic amines is 1. The molecule has 112 valence electrons. The Morgan fingerprint density at radius 1 is 1.43 bits per heavy atom. The van der Waals surface area contributed by atoms with E-state index in [-0.39, 0.29) is 17.1 Å². The highest BCUT2D eigenvalue weighted by Crippen LogP contribution is 2.24. The number of aromatic hydroxyl groups is 1. The standard InChI is InChI=1S/C16H21N3O2/c1-3-10(2)8-9-18-15(17)13-14(20)11-6-4-5-7-12(11)19-16(13)21/h4-7,10H,3,8-9H2,1-2H3,(H2,17,18)(H2,19,20,21). The molecule has 0 saturated heterocycles. The lowest BCUT2D eigenvalue weighted by Crippen LogP contribution is -2.25. The fraction of sp³-hybridized carbons (Fsp3) is 0.375. The molecule has 2 aromatic rings. The normalized spacial score (nSPS) is 13.5. The Labute approximate surface area is 123 Å². The van der Waals surface area contributed by atoms with Gasteiger partial charge in [-0.15, -0.1) is 0 Å². The first kappa shape index (κ1) is 15.1. The second-order valence-electron chi connectivity index (χ2n) is 5.29. The molecule has 0 aliphatic carbocycles. The molecule has 0 amide bonds. The number of amidine groups is 1. The number of nitrogens with zero attached hydrogens (tertiary/aromatic N) is 1. The molecule has 1 aromatic carbocycles. The van der Waals surface area contributed by atoms with Crippen LogP contribution in [0.25, 0.3) is 10.9 Å². The number of fused-ring (bicyclic) bond motifs is 1. The molecule has 2 rings (SSSR count). The van der Waals surface area contributed by atoms with Crippen molar-refractivity contribution < 1.29 is 5.11 Å². The molecule has 1 atom stereocenters. The number of pyridine rings is 1. The predicted molar refractivity (Wildman–Crippen MR) is 85.9 cm³/mol. The van der Waals surface area contributed by atoms with Gasteiger partial charge in [-0.25, -0.2) is 0 Å². The van der Waals surface area contributed by atoms with E-state index in [1.807, 2.05) is 0 Å². The zero-order chi connectivity index (χ0) is 15.4. The van der Waals surface area contributed by atoms with Gasteiger partial charge in [0.15, 0.2) is 0 Å². The van der Waals surface area contributed by atoms with Crippen molar-refractivity contribution in [2.75, 3.05) is 6.54 Å². The van der Waals surface area contributed by atoms with Crippen LogP contribution >= 0.6 is 0 Å². The molecule has 1 unspecified atom stereocenters. The maximum absolute atomic E-state index is 12.1. The second-order valence-corrected chi connectivity index (χ2v) is 5.29. The van der Waals surface area contributed by atoms with Gasteiger partial charge in [-0.3, -0.25) is 9.79 Å². The van der Waals surface area contributed by atoms with E-state index in [1.165, 1.54) is 0 Å². The summed E-state index contributed by atoms with van der Waals surface area (Å²) in [4.78, 5) is 19.0. The van der Waals surface area contributed by atoms with Crippen LogP contribution < -0.4 is 11.3 Å². The third-order valence-electron chi connectivity index (χ3n) is 3.75. The number of nitrogens with one attached hydrogen (secondary N) is 1. The van der Waals surface area contributed by atoms with Crippen molar-refractivity contribution in [1.82, 2.24) is 4.98 Å². The average molecular weight is 287 g/mol. The maximum atomic E-state index is 12.1. The number of aliphatic imine (C=N–C) groups is 1. The average Bonchev–Trinajstić information content (AvgIpc) is 2.47. The predicted octanol–water partition coefficient (Wildman–Crippen LogP) is 2.38. The van der Waals surface area contributed by atoms with Crippen LogP contribution in [0.5, 0.6) is 5.75 Å². The summed E-state index contributed by atoms with van der Waals surface area (Å²) in [7, 11) is 0. The first-order valence-corrected chi connectivity index (χ1v) is 7.18. The van der Waals surface area contributed by atoms with Crippen molar-refractivity contribution in [2.45, 2.75) is 26.7 Å². The van der Waals surface area contributed by atoms with Gasteiger partial charge < -0.3 is 15.8 Å². The van der Waals surface area contributed by atoms with Crippen LogP contribution in [0.3, 0.4) is 0 Å². The van der Waals surface area contributed by atoms with Crippen molar-refractivity contribution in [2.24, 2.45) is 16.6 Å². The van der Waals surface area contributed by atoms with Crippen LogP contribution in [-0.4, -0.2) is 22.5 Å². The molecule has 0 saturated carbocycles. The highest BCUT2D eigenvalue weighted by molar-refractivity contribution is 6.04. The number of para-hydroxylation sites is 1. The highest BCUT2D eigenvalue weighted by atomic mass is 16.3. The zero-order valence-electron chi connectivity index (χ0n) is 12.4. The number of nitrogens with two attached hydrogens (primary N) is 1. The molecule has 0 bridgehead atoms. The second kappa shape index (κ2) is 6.43. The lowest BCUT2D eigenvalue weighted by atomic mass is 10.1. The van der Waals surface area contributed by atoms with Gasteiger partial charge in [0.05, 0.1) is 5.52 Å². The third kappa shape index (κ3) is 3.24. The molecule has 5 nitrogen and oxygen atoms in total. The molecule has 0 fully saturated rings. The Morgan fingerprint density at radius 3 is 2.86 bits per heavy atom. The van der Waals surface area contributed by atoms with E-state index in [2.05, 4.69) is 23.8 Å². The van der Waals surface area contributed by atoms with E-state index in [4.69, 9.17) is 5.73 Å². The molecular formula is C16H21N3O2. The summed E-state index contributed by atoms with van der Waals surface area (Å²) in [6, 6.07) is 7.05. The number of aromatic nitrogens is 1. The Morgan fingerprint density at radius 2 is 2.14 bits per heavy atom. The van der Waals surface area contributed by atoms with E-state index in [0.29, 0.717) is 23.4 Å². The Balaban J connectivity index is 2.37. The summed E-state index contributed by atoms with van der Waals surface area (Å²) < 4.78 is 0. The van der Waals surface area contributed by atoms with Crippen LogP contribution in [0, 0.1) is 5.92 Å². The number of hydrogen-bond donors (Lipinski definition) is 3. The first-order valence-electron chi connectivity index (χ1n) is 7.18. The smallest absolute Gasteiger partial charge is 0.263 e. The summed E-state index contributed by atoms with van der Waals surface area (Å²) in [5.41, 5.74) is 6.10. The van der Waals surface area contributed by atoms with Crippen molar-refractivity contribution >= 4 is 16.7 Å². The number of rotatable bonds is 5. The van der Waals surface area contributed by atoms with Gasteiger partial charge >= 0.3 is 0 Å². The van der Waals surface area contributed by atoms with Crippen molar-refractivity contribution in [1.29, 1.82) is 0 Å². The van der Waals surface area contributed by atoms with Crippen molar-refractivity contribution in [3.8, 4) is 5.75 Å². The lowest BCUT2D eigenvalue weighted by Gasteiger charge is -2.08. The van der Waals surface area contributed by atoms with Crippen LogP contribution in [0.1, 0.15) is 32.3 Å². The van der Waals surface area contributed by atoms with E-state index in [0.717, 1.165) is 12.8 Å². The van der Waals surface area contributed by atoms with E-state index in [1.54, 1.807) is 24.3 Å². The molecule has 0 spiro atoms. The quantitative estimate of drug-likeness (QED) is 0.582. The van der Waals surface area contributed by atoms with E-state index in [9.17, 15) is 9.90 Å². The van der Waals surface area contributed by atoms with Crippen LogP contribution in [0.4, 0.5) is 0 Å². The molecule has 5 heteroatoms. The number of hydrogen-bond acceptors (Lipinski definition) is 3. The molecule has 0 radical (unpaired) electrons. The minimum atomic E-state index is -0.420. The number of benzene rings is 1. The molecule has 1 heterocycles. The van der Waals surface area contributed by atoms with Crippen LogP contribution in [0.15, 0.2) is 34.1 Å². The topological polar surface area (TPSA) is 91.5 Å². The van der Waals surface area contributed by atoms with Gasteiger partial charge in [0.25, 0.3) is 5.56 Å². The Bertz CT molecular complexity index is 719. The zero-order valence-corrected chi connectivity index (χ0v) is 12.4. The largest absolute Gasteiger partial charge is 0.506 e. The monoisotopic (exact) mass is 287 g/mol. The molecule has 0 aliphatic heterocycles. The van der Waals surface area contributed by atoms with Gasteiger partial charge in [-0.05, 0) is 24.5 Å². The minimum Gasteiger partial charge on any atom is -0.506 e. The van der Waals surface area contributed by atoms with Crippen LogP contribution in [0.2, 0.25) is 0 Å². The van der Waals surface area contributed by atoms with Gasteiger partial charge in [-0.1, -0.05) is 32.4 Å². The summed E-state index contributed by atoms with van der Waals surface area (Å²) >= 11 is 0. The molecular weight excluding hydrogens is 266 g/mol. The van der Waals surface area contributed by atoms with Gasteiger partial charge in [0.1, 0.15) is 17.1 Å². The summed E-state index contributed by atoms with van der Waals surface area (Å²) in [5, 5.41) is 10.8. The van der Waals surface area contributed by atoms with E-state index >= 15 is 0 Å². The summed E-state index contributed by atoms with van der Waals surface area (Å²) in [5.74, 6) is 0.534. The summed E-state index contributed by atoms with van der Waals surface area (Å²) in [6.45, 7) is 4.82. The molecule has 0 aliphatic rings. The first-order chi connectivity index (χ1) is 10.0. The van der Waals surface area contributed by atoms with Crippen molar-refractivity contribution in [3.05, 3.63) is 40.2 Å². The Hall–Kier alpha value is -2.30. The van der Waals surface area contributed by atoms with Gasteiger partial charge in [0.2, 0.25) is 0 Å². The van der Waals surface area contributed by atoms with Crippen molar-refractivity contribution in [3.63, 3.8) is 0 Å². The lowest BCUT2D eigenvalue weighted by molar-refractivity contribution is 0.479. The highest BCUT2D eigenvalue weighted by Gasteiger charge is 2.14. The van der Waals surface area contributed by atoms with Gasteiger partial charge in [-0.2, -0.15) is 0 Å². The summed E-state index contributed by atoms with van der Waals surface area (Å²) in [6.07, 6.45) is 1.99. The molecule has 1 aromatic heterocycles. The third-order valence-corrected chi connectivity index (χ3v) is 3.75. The minimum absolute atomic E-state index is 0.0536. The van der Waals surface area contributed by atoms with E-state index < -0.39 is 5.56 Å². The fourth-order valence-corrected chi connectivity index (χ4v) is 2.15.